The predicted octanol–water partition coefficient (Wildman–Crippen LogP) is 3.08. The van der Waals surface area contributed by atoms with Crippen molar-refractivity contribution < 1.29 is 14.1 Å². The summed E-state index contributed by atoms with van der Waals surface area (Å²) in [5.74, 6) is -0.955. The zero-order valence-electron chi connectivity index (χ0n) is 10.3. The summed E-state index contributed by atoms with van der Waals surface area (Å²) >= 11 is 0. The molecule has 1 unspecified atom stereocenters. The molecular formula is C14H16O3S. The van der Waals surface area contributed by atoms with Gasteiger partial charge in [-0.2, -0.15) is 0 Å². The Kier molecular flexibility index (Phi) is 3.97. The number of hydrogen-bond donors (Lipinski definition) is 1. The number of carboxylic acids is 1. The summed E-state index contributed by atoms with van der Waals surface area (Å²) in [6.45, 7) is 0. The predicted molar refractivity (Wildman–Crippen MR) is 72.2 cm³/mol. The molecule has 0 radical (unpaired) electrons. The molecule has 18 heavy (non-hydrogen) atoms. The lowest BCUT2D eigenvalue weighted by Crippen LogP contribution is -2.05. The van der Waals surface area contributed by atoms with Gasteiger partial charge in [-0.25, -0.2) is 4.79 Å². The normalized spacial score (nSPS) is 17.1. The Hall–Kier alpha value is -1.42. The molecule has 2 rings (SSSR count). The van der Waals surface area contributed by atoms with E-state index in [9.17, 15) is 14.1 Å². The molecule has 0 heterocycles. The van der Waals surface area contributed by atoms with Crippen molar-refractivity contribution in [1.29, 1.82) is 0 Å². The number of carboxylic acid groups (broad SMARTS) is 1. The summed E-state index contributed by atoms with van der Waals surface area (Å²) < 4.78 is 11.4. The molecule has 1 aromatic carbocycles. The first-order valence-electron chi connectivity index (χ1n) is 6.00. The maximum Gasteiger partial charge on any atom is 0.336 e. The molecule has 1 aromatic rings. The Bertz CT molecular complexity index is 532. The van der Waals surface area contributed by atoms with Crippen LogP contribution in [-0.2, 0) is 10.8 Å². The van der Waals surface area contributed by atoms with Gasteiger partial charge in [0, 0.05) is 22.0 Å². The van der Waals surface area contributed by atoms with Crippen LogP contribution in [0.2, 0.25) is 0 Å². The molecule has 0 aromatic heterocycles. The minimum absolute atomic E-state index is 0.260. The SMILES string of the molecule is CS(=O)c1ccc(C2=CCCCC2)c(C(=O)O)c1. The van der Waals surface area contributed by atoms with Gasteiger partial charge in [-0.05, 0) is 49.0 Å². The van der Waals surface area contributed by atoms with Crippen LogP contribution in [0.3, 0.4) is 0 Å². The summed E-state index contributed by atoms with van der Waals surface area (Å²) in [5, 5.41) is 9.28. The molecule has 0 saturated heterocycles. The fourth-order valence-corrected chi connectivity index (χ4v) is 2.79. The smallest absolute Gasteiger partial charge is 0.336 e. The van der Waals surface area contributed by atoms with Crippen LogP contribution in [-0.4, -0.2) is 21.5 Å². The maximum absolute atomic E-state index is 11.4. The van der Waals surface area contributed by atoms with Crippen LogP contribution in [0.4, 0.5) is 0 Å². The van der Waals surface area contributed by atoms with Gasteiger partial charge >= 0.3 is 5.97 Å². The van der Waals surface area contributed by atoms with Crippen LogP contribution in [0.5, 0.6) is 0 Å². The summed E-state index contributed by atoms with van der Waals surface area (Å²) in [5.41, 5.74) is 2.14. The largest absolute Gasteiger partial charge is 0.478 e. The zero-order chi connectivity index (χ0) is 13.1. The Labute approximate surface area is 109 Å². The van der Waals surface area contributed by atoms with Gasteiger partial charge in [0.2, 0.25) is 0 Å². The minimum Gasteiger partial charge on any atom is -0.478 e. The Morgan fingerprint density at radius 1 is 1.33 bits per heavy atom. The van der Waals surface area contributed by atoms with Crippen LogP contribution >= 0.6 is 0 Å². The van der Waals surface area contributed by atoms with E-state index in [0.717, 1.165) is 30.4 Å². The van der Waals surface area contributed by atoms with E-state index in [-0.39, 0.29) is 5.56 Å². The third-order valence-electron chi connectivity index (χ3n) is 3.19. The highest BCUT2D eigenvalue weighted by Gasteiger charge is 2.16. The van der Waals surface area contributed by atoms with Crippen molar-refractivity contribution in [3.8, 4) is 0 Å². The highest BCUT2D eigenvalue weighted by atomic mass is 32.2. The van der Waals surface area contributed by atoms with Crippen LogP contribution in [0.1, 0.15) is 41.6 Å². The van der Waals surface area contributed by atoms with Crippen molar-refractivity contribution in [3.63, 3.8) is 0 Å². The van der Waals surface area contributed by atoms with Crippen molar-refractivity contribution in [2.75, 3.05) is 6.26 Å². The molecule has 0 bridgehead atoms. The zero-order valence-corrected chi connectivity index (χ0v) is 11.1. The second-order valence-electron chi connectivity index (χ2n) is 4.44. The van der Waals surface area contributed by atoms with Gasteiger partial charge in [0.15, 0.2) is 0 Å². The number of hydrogen-bond acceptors (Lipinski definition) is 2. The Morgan fingerprint density at radius 2 is 2.11 bits per heavy atom. The summed E-state index contributed by atoms with van der Waals surface area (Å²) in [6, 6.07) is 5.08. The van der Waals surface area contributed by atoms with Crippen LogP contribution < -0.4 is 0 Å². The van der Waals surface area contributed by atoms with Crippen LogP contribution in [0.15, 0.2) is 29.2 Å². The molecule has 0 fully saturated rings. The van der Waals surface area contributed by atoms with Crippen LogP contribution in [0.25, 0.3) is 5.57 Å². The van der Waals surface area contributed by atoms with Gasteiger partial charge in [-0.1, -0.05) is 12.1 Å². The van der Waals surface area contributed by atoms with E-state index in [0.29, 0.717) is 4.90 Å². The lowest BCUT2D eigenvalue weighted by atomic mass is 9.91. The molecule has 4 heteroatoms. The first-order valence-corrected chi connectivity index (χ1v) is 7.55. The minimum atomic E-state index is -1.15. The first-order chi connectivity index (χ1) is 8.59. The van der Waals surface area contributed by atoms with E-state index in [4.69, 9.17) is 0 Å². The van der Waals surface area contributed by atoms with Gasteiger partial charge in [-0.3, -0.25) is 4.21 Å². The molecule has 3 nitrogen and oxygen atoms in total. The molecule has 1 atom stereocenters. The van der Waals surface area contributed by atoms with E-state index in [2.05, 4.69) is 6.08 Å². The number of allylic oxidation sites excluding steroid dienone is 2. The molecular weight excluding hydrogens is 248 g/mol. The van der Waals surface area contributed by atoms with E-state index in [1.807, 2.05) is 0 Å². The monoisotopic (exact) mass is 264 g/mol. The standard InChI is InChI=1S/C14H16O3S/c1-18(17)11-7-8-12(13(9-11)14(15)16)10-5-3-2-4-6-10/h5,7-9H,2-4,6H2,1H3,(H,15,16). The fraction of sp³-hybridized carbons (Fsp3) is 0.357. The van der Waals surface area contributed by atoms with E-state index in [1.165, 1.54) is 12.5 Å². The molecule has 1 N–H and O–H groups in total. The third kappa shape index (κ3) is 2.70. The fourth-order valence-electron chi connectivity index (χ4n) is 2.24. The molecule has 1 aliphatic rings. The second-order valence-corrected chi connectivity index (χ2v) is 5.82. The molecule has 0 spiro atoms. The first kappa shape index (κ1) is 13.0. The molecule has 0 aliphatic heterocycles. The van der Waals surface area contributed by atoms with Gasteiger partial charge in [0.1, 0.15) is 0 Å². The Morgan fingerprint density at radius 3 is 2.67 bits per heavy atom. The van der Waals surface area contributed by atoms with E-state index >= 15 is 0 Å². The number of benzene rings is 1. The van der Waals surface area contributed by atoms with Crippen molar-refractivity contribution in [1.82, 2.24) is 0 Å². The number of rotatable bonds is 3. The Balaban J connectivity index is 2.49. The number of aromatic carboxylic acids is 1. The lowest BCUT2D eigenvalue weighted by Gasteiger charge is -2.15. The molecule has 0 saturated carbocycles. The summed E-state index contributed by atoms with van der Waals surface area (Å²) in [4.78, 5) is 11.9. The van der Waals surface area contributed by atoms with Crippen LogP contribution in [0, 0.1) is 0 Å². The number of carbonyl (C=O) groups is 1. The van der Waals surface area contributed by atoms with Gasteiger partial charge < -0.3 is 5.11 Å². The second kappa shape index (κ2) is 5.48. The molecule has 96 valence electrons. The van der Waals surface area contributed by atoms with Crippen molar-refractivity contribution in [3.05, 3.63) is 35.4 Å². The highest BCUT2D eigenvalue weighted by Crippen LogP contribution is 2.30. The quantitative estimate of drug-likeness (QED) is 0.912. The van der Waals surface area contributed by atoms with Gasteiger partial charge in [-0.15, -0.1) is 0 Å². The topological polar surface area (TPSA) is 54.4 Å². The van der Waals surface area contributed by atoms with Gasteiger partial charge in [0.05, 0.1) is 5.56 Å². The molecule has 1 aliphatic carbocycles. The van der Waals surface area contributed by atoms with E-state index < -0.39 is 16.8 Å². The van der Waals surface area contributed by atoms with Crippen molar-refractivity contribution in [2.24, 2.45) is 0 Å². The maximum atomic E-state index is 11.4. The summed E-state index contributed by atoms with van der Waals surface area (Å²) in [7, 11) is -1.15. The lowest BCUT2D eigenvalue weighted by molar-refractivity contribution is 0.0696. The average molecular weight is 264 g/mol. The summed E-state index contributed by atoms with van der Waals surface area (Å²) in [6.07, 6.45) is 7.88. The van der Waals surface area contributed by atoms with E-state index in [1.54, 1.807) is 18.4 Å². The van der Waals surface area contributed by atoms with Gasteiger partial charge in [0.25, 0.3) is 0 Å². The van der Waals surface area contributed by atoms with Crippen molar-refractivity contribution >= 4 is 22.3 Å². The highest BCUT2D eigenvalue weighted by molar-refractivity contribution is 7.84. The average Bonchev–Trinajstić information content (AvgIpc) is 2.39. The molecule has 0 amide bonds. The third-order valence-corrected chi connectivity index (χ3v) is 4.11. The van der Waals surface area contributed by atoms with Crippen molar-refractivity contribution in [2.45, 2.75) is 30.6 Å².